The van der Waals surface area contributed by atoms with Gasteiger partial charge in [0, 0.05) is 0 Å². The molecule has 0 atom stereocenters. The number of aryl methyl sites for hydroxylation is 1. The standard InChI is InChI=1S/C28H26BrN3O6/c1-17-8-10-18(11-9-17)16-38-26-20(29)12-19(14-24(26)37-3)13-22-27(34)32(28(35)31-22)15-25(33)30-21-6-4-5-7-23(21)36-2/h4-14H,15-16H2,1-3H3,(H,30,33)(H,31,35)/b22-13+. The van der Waals surface area contributed by atoms with Crippen LogP contribution >= 0.6 is 15.9 Å². The molecule has 1 aliphatic rings. The number of halogens is 1. The van der Waals surface area contributed by atoms with Crippen LogP contribution in [0.4, 0.5) is 10.5 Å². The van der Waals surface area contributed by atoms with Crippen molar-refractivity contribution < 1.29 is 28.6 Å². The molecule has 0 bridgehead atoms. The maximum absolute atomic E-state index is 12.9. The summed E-state index contributed by atoms with van der Waals surface area (Å²) in [6.07, 6.45) is 1.51. The van der Waals surface area contributed by atoms with Gasteiger partial charge in [0.2, 0.25) is 5.91 Å². The Bertz CT molecular complexity index is 1400. The fourth-order valence-electron chi connectivity index (χ4n) is 3.77. The molecule has 0 aliphatic carbocycles. The molecule has 38 heavy (non-hydrogen) atoms. The second-order valence-electron chi connectivity index (χ2n) is 8.44. The van der Waals surface area contributed by atoms with Gasteiger partial charge in [-0.1, -0.05) is 42.0 Å². The van der Waals surface area contributed by atoms with Gasteiger partial charge in [-0.3, -0.25) is 9.59 Å². The molecule has 1 heterocycles. The van der Waals surface area contributed by atoms with E-state index in [1.165, 1.54) is 20.3 Å². The van der Waals surface area contributed by atoms with Gasteiger partial charge < -0.3 is 24.8 Å². The number of anilines is 1. The van der Waals surface area contributed by atoms with Gasteiger partial charge in [0.05, 0.1) is 24.4 Å². The Morgan fingerprint density at radius 2 is 1.74 bits per heavy atom. The Morgan fingerprint density at radius 1 is 1.03 bits per heavy atom. The van der Waals surface area contributed by atoms with E-state index in [4.69, 9.17) is 14.2 Å². The molecule has 4 rings (SSSR count). The fraction of sp³-hybridized carbons (Fsp3) is 0.179. The predicted octanol–water partition coefficient (Wildman–Crippen LogP) is 4.89. The molecule has 3 aromatic rings. The van der Waals surface area contributed by atoms with Crippen LogP contribution in [-0.4, -0.2) is 43.5 Å². The number of benzene rings is 3. The molecule has 0 radical (unpaired) electrons. The van der Waals surface area contributed by atoms with Crippen LogP contribution in [0.3, 0.4) is 0 Å². The van der Waals surface area contributed by atoms with Crippen molar-refractivity contribution in [2.24, 2.45) is 0 Å². The van der Waals surface area contributed by atoms with Crippen LogP contribution in [0.1, 0.15) is 16.7 Å². The molecule has 3 aromatic carbocycles. The zero-order valence-electron chi connectivity index (χ0n) is 21.0. The van der Waals surface area contributed by atoms with E-state index in [9.17, 15) is 14.4 Å². The van der Waals surface area contributed by atoms with Gasteiger partial charge in [-0.2, -0.15) is 0 Å². The lowest BCUT2D eigenvalue weighted by molar-refractivity contribution is -0.127. The summed E-state index contributed by atoms with van der Waals surface area (Å²) < 4.78 is 17.3. The topological polar surface area (TPSA) is 106 Å². The third-order valence-corrected chi connectivity index (χ3v) is 6.30. The highest BCUT2D eigenvalue weighted by Crippen LogP contribution is 2.38. The lowest BCUT2D eigenvalue weighted by atomic mass is 10.1. The van der Waals surface area contributed by atoms with Crippen LogP contribution in [0.15, 0.2) is 70.8 Å². The number of nitrogens with one attached hydrogen (secondary N) is 2. The lowest BCUT2D eigenvalue weighted by Crippen LogP contribution is -2.38. The van der Waals surface area contributed by atoms with Gasteiger partial charge in [-0.25, -0.2) is 9.69 Å². The summed E-state index contributed by atoms with van der Waals surface area (Å²) in [5, 5.41) is 5.18. The number of nitrogens with zero attached hydrogens (tertiary/aromatic N) is 1. The fourth-order valence-corrected chi connectivity index (χ4v) is 4.34. The molecule has 1 aliphatic heterocycles. The van der Waals surface area contributed by atoms with Gasteiger partial charge in [0.1, 0.15) is 24.6 Å². The van der Waals surface area contributed by atoms with Gasteiger partial charge in [-0.05, 0) is 64.3 Å². The molecule has 10 heteroatoms. The highest BCUT2D eigenvalue weighted by atomic mass is 79.9. The van der Waals surface area contributed by atoms with Crippen LogP contribution < -0.4 is 24.8 Å². The number of ether oxygens (including phenoxy) is 3. The molecule has 0 unspecified atom stereocenters. The Labute approximate surface area is 228 Å². The minimum absolute atomic E-state index is 0.0300. The summed E-state index contributed by atoms with van der Waals surface area (Å²) in [5.74, 6) is 0.248. The van der Waals surface area contributed by atoms with Crippen molar-refractivity contribution in [1.29, 1.82) is 0 Å². The number of hydrogen-bond donors (Lipinski definition) is 2. The monoisotopic (exact) mass is 579 g/mol. The third-order valence-electron chi connectivity index (χ3n) is 5.71. The molecule has 0 aromatic heterocycles. The summed E-state index contributed by atoms with van der Waals surface area (Å²) in [4.78, 5) is 38.8. The number of rotatable bonds is 9. The summed E-state index contributed by atoms with van der Waals surface area (Å²) in [7, 11) is 3.00. The Balaban J connectivity index is 1.47. The minimum atomic E-state index is -0.694. The summed E-state index contributed by atoms with van der Waals surface area (Å²) in [6.45, 7) is 1.90. The van der Waals surface area contributed by atoms with Crippen molar-refractivity contribution in [2.75, 3.05) is 26.1 Å². The zero-order valence-corrected chi connectivity index (χ0v) is 22.6. The molecule has 4 amide bonds. The van der Waals surface area contributed by atoms with Crippen LogP contribution in [0.25, 0.3) is 6.08 Å². The van der Waals surface area contributed by atoms with Crippen molar-refractivity contribution in [2.45, 2.75) is 13.5 Å². The van der Waals surface area contributed by atoms with Crippen molar-refractivity contribution in [3.8, 4) is 17.2 Å². The SMILES string of the molecule is COc1ccccc1NC(=O)CN1C(=O)N/C(=C/c2cc(Br)c(OCc3ccc(C)cc3)c(OC)c2)C1=O. The third kappa shape index (κ3) is 6.15. The Morgan fingerprint density at radius 3 is 2.45 bits per heavy atom. The molecule has 1 saturated heterocycles. The second-order valence-corrected chi connectivity index (χ2v) is 9.29. The van der Waals surface area contributed by atoms with E-state index in [1.54, 1.807) is 36.4 Å². The summed E-state index contributed by atoms with van der Waals surface area (Å²) in [6, 6.07) is 17.6. The molecule has 9 nitrogen and oxygen atoms in total. The van der Waals surface area contributed by atoms with Crippen LogP contribution in [0.2, 0.25) is 0 Å². The van der Waals surface area contributed by atoms with Gasteiger partial charge in [0.25, 0.3) is 5.91 Å². The second kappa shape index (κ2) is 11.8. The quantitative estimate of drug-likeness (QED) is 0.276. The first-order chi connectivity index (χ1) is 18.3. The van der Waals surface area contributed by atoms with E-state index in [0.717, 1.165) is 16.0 Å². The first-order valence-corrected chi connectivity index (χ1v) is 12.4. The van der Waals surface area contributed by atoms with E-state index in [0.29, 0.717) is 39.6 Å². The Kier molecular flexibility index (Phi) is 8.32. The number of urea groups is 1. The minimum Gasteiger partial charge on any atom is -0.495 e. The van der Waals surface area contributed by atoms with Crippen molar-refractivity contribution in [3.05, 3.63) is 87.5 Å². The number of para-hydroxylation sites is 2. The van der Waals surface area contributed by atoms with E-state index in [-0.39, 0.29) is 5.70 Å². The van der Waals surface area contributed by atoms with Crippen LogP contribution in [0.5, 0.6) is 17.2 Å². The number of methoxy groups -OCH3 is 2. The van der Waals surface area contributed by atoms with Crippen LogP contribution in [-0.2, 0) is 16.2 Å². The van der Waals surface area contributed by atoms with E-state index in [2.05, 4.69) is 26.6 Å². The number of imide groups is 1. The first-order valence-electron chi connectivity index (χ1n) is 11.6. The van der Waals surface area contributed by atoms with Crippen molar-refractivity contribution in [3.63, 3.8) is 0 Å². The number of carbonyl (C=O) groups is 3. The molecular formula is C28H26BrN3O6. The molecule has 196 valence electrons. The Hall–Kier alpha value is -4.31. The number of hydrogen-bond acceptors (Lipinski definition) is 6. The highest BCUT2D eigenvalue weighted by Gasteiger charge is 2.35. The molecule has 0 spiro atoms. The van der Waals surface area contributed by atoms with E-state index >= 15 is 0 Å². The van der Waals surface area contributed by atoms with Crippen LogP contribution in [0, 0.1) is 6.92 Å². The smallest absolute Gasteiger partial charge is 0.329 e. The molecule has 2 N–H and O–H groups in total. The van der Waals surface area contributed by atoms with Gasteiger partial charge in [0.15, 0.2) is 11.5 Å². The van der Waals surface area contributed by atoms with Crippen molar-refractivity contribution >= 4 is 45.5 Å². The maximum atomic E-state index is 12.9. The van der Waals surface area contributed by atoms with Crippen molar-refractivity contribution in [1.82, 2.24) is 10.2 Å². The highest BCUT2D eigenvalue weighted by molar-refractivity contribution is 9.10. The van der Waals surface area contributed by atoms with Gasteiger partial charge >= 0.3 is 6.03 Å². The predicted molar refractivity (Wildman–Crippen MR) is 146 cm³/mol. The van der Waals surface area contributed by atoms with E-state index in [1.807, 2.05) is 31.2 Å². The van der Waals surface area contributed by atoms with E-state index < -0.39 is 24.4 Å². The first kappa shape index (κ1) is 26.7. The zero-order chi connectivity index (χ0) is 27.2. The average molecular weight is 580 g/mol. The molecular weight excluding hydrogens is 554 g/mol. The summed E-state index contributed by atoms with van der Waals surface area (Å²) >= 11 is 3.51. The number of amides is 4. The number of carbonyl (C=O) groups excluding carboxylic acids is 3. The van der Waals surface area contributed by atoms with Gasteiger partial charge in [-0.15, -0.1) is 0 Å². The molecule has 0 saturated carbocycles. The largest absolute Gasteiger partial charge is 0.495 e. The summed E-state index contributed by atoms with van der Waals surface area (Å²) in [5.41, 5.74) is 3.21. The lowest BCUT2D eigenvalue weighted by Gasteiger charge is -2.14. The average Bonchev–Trinajstić information content (AvgIpc) is 3.16. The normalized spacial score (nSPS) is 13.9. The molecule has 1 fully saturated rings. The maximum Gasteiger partial charge on any atom is 0.329 e.